The minimum atomic E-state index is -4.72. The molecule has 1 N–H and O–H groups in total. The van der Waals surface area contributed by atoms with Crippen molar-refractivity contribution < 1.29 is 36.3 Å². The number of nitrogens with one attached hydrogen (secondary N) is 1. The van der Waals surface area contributed by atoms with Crippen LogP contribution in [-0.2, 0) is 24.2 Å². The first-order valence-electron chi connectivity index (χ1n) is 8.75. The van der Waals surface area contributed by atoms with Crippen molar-refractivity contribution in [3.63, 3.8) is 0 Å². The molecule has 0 spiro atoms. The highest BCUT2D eigenvalue weighted by molar-refractivity contribution is 7.91. The molecule has 0 aliphatic carbocycles. The Morgan fingerprint density at radius 1 is 1.06 bits per heavy atom. The summed E-state index contributed by atoms with van der Waals surface area (Å²) in [6, 6.07) is 8.91. The lowest BCUT2D eigenvalue weighted by molar-refractivity contribution is -0.147. The second kappa shape index (κ2) is 11.3. The van der Waals surface area contributed by atoms with Crippen LogP contribution in [0.5, 0.6) is 5.75 Å². The number of carbonyl (C=O) groups is 2. The Balaban J connectivity index is 1.70. The Kier molecular flexibility index (Phi) is 9.02. The van der Waals surface area contributed by atoms with Gasteiger partial charge in [-0.25, -0.2) is 8.42 Å². The van der Waals surface area contributed by atoms with E-state index in [2.05, 4.69) is 5.32 Å². The lowest BCUT2D eigenvalue weighted by Crippen LogP contribution is -2.21. The summed E-state index contributed by atoms with van der Waals surface area (Å²) in [5.41, 5.74) is 0.155. The minimum Gasteiger partial charge on any atom is -0.492 e. The lowest BCUT2D eigenvalue weighted by atomic mass is 10.3. The number of anilines is 1. The lowest BCUT2D eigenvalue weighted by Gasteiger charge is -2.09. The van der Waals surface area contributed by atoms with Crippen LogP contribution in [-0.4, -0.2) is 39.3 Å². The van der Waals surface area contributed by atoms with Gasteiger partial charge in [0.25, 0.3) is 5.91 Å². The molecule has 168 valence electrons. The normalized spacial score (nSPS) is 11.3. The average molecular weight is 496 g/mol. The van der Waals surface area contributed by atoms with Gasteiger partial charge < -0.3 is 14.8 Å². The summed E-state index contributed by atoms with van der Waals surface area (Å²) in [7, 11) is -4.72. The molecule has 0 atom stereocenters. The molecule has 12 heteroatoms. The van der Waals surface area contributed by atoms with Crippen molar-refractivity contribution in [2.24, 2.45) is 0 Å². The molecule has 2 rings (SSSR count). The zero-order valence-corrected chi connectivity index (χ0v) is 18.1. The van der Waals surface area contributed by atoms with Crippen LogP contribution in [0.4, 0.5) is 14.5 Å². The number of amides is 1. The number of carbonyl (C=O) groups excluding carboxylic acids is 2. The van der Waals surface area contributed by atoms with Gasteiger partial charge in [0, 0.05) is 17.1 Å². The number of benzene rings is 2. The van der Waals surface area contributed by atoms with Gasteiger partial charge in [-0.1, -0.05) is 23.2 Å². The van der Waals surface area contributed by atoms with E-state index in [1.807, 2.05) is 0 Å². The van der Waals surface area contributed by atoms with E-state index in [4.69, 9.17) is 32.7 Å². The topological polar surface area (TPSA) is 98.8 Å². The van der Waals surface area contributed by atoms with E-state index in [0.29, 0.717) is 22.2 Å². The van der Waals surface area contributed by atoms with Crippen molar-refractivity contribution in [2.75, 3.05) is 18.5 Å². The second-order valence-electron chi connectivity index (χ2n) is 6.07. The summed E-state index contributed by atoms with van der Waals surface area (Å²) in [4.78, 5) is 22.9. The highest BCUT2D eigenvalue weighted by Crippen LogP contribution is 2.27. The van der Waals surface area contributed by atoms with Gasteiger partial charge in [-0.15, -0.1) is 0 Å². The van der Waals surface area contributed by atoms with Gasteiger partial charge in [0.1, 0.15) is 5.75 Å². The van der Waals surface area contributed by atoms with Crippen molar-refractivity contribution in [1.82, 2.24) is 0 Å². The summed E-state index contributed by atoms with van der Waals surface area (Å²) in [5, 5.41) is 3.16. The Morgan fingerprint density at radius 2 is 1.74 bits per heavy atom. The molecule has 1 amide bonds. The van der Waals surface area contributed by atoms with Crippen molar-refractivity contribution in [3.8, 4) is 5.75 Å². The van der Waals surface area contributed by atoms with Gasteiger partial charge in [0.05, 0.1) is 16.5 Å². The maximum Gasteiger partial charge on any atom is 0.341 e. The summed E-state index contributed by atoms with van der Waals surface area (Å²) in [6.07, 6.45) is 0.318. The summed E-state index contributed by atoms with van der Waals surface area (Å²) >= 11 is 11.7. The fourth-order valence-corrected chi connectivity index (χ4v) is 3.42. The number of hydrogen-bond donors (Lipinski definition) is 1. The zero-order chi connectivity index (χ0) is 23.0. The van der Waals surface area contributed by atoms with Gasteiger partial charge in [0.15, 0.2) is 6.61 Å². The van der Waals surface area contributed by atoms with Crippen LogP contribution in [0.1, 0.15) is 12.8 Å². The van der Waals surface area contributed by atoms with Gasteiger partial charge in [0.2, 0.25) is 9.84 Å². The summed E-state index contributed by atoms with van der Waals surface area (Å²) in [5.74, 6) is -4.42. The Labute approximate surface area is 187 Å². The molecular formula is C19H17Cl2F2NO6S. The SMILES string of the molecule is O=C(COC(=O)CCCOc1ccc(Cl)cc1Cl)Nc1ccc(S(=O)(=O)C(F)F)cc1. The van der Waals surface area contributed by atoms with Gasteiger partial charge in [-0.05, 0) is 48.9 Å². The van der Waals surface area contributed by atoms with Crippen molar-refractivity contribution in [3.05, 3.63) is 52.5 Å². The smallest absolute Gasteiger partial charge is 0.341 e. The zero-order valence-electron chi connectivity index (χ0n) is 15.8. The van der Waals surface area contributed by atoms with E-state index in [9.17, 15) is 26.8 Å². The molecule has 0 fully saturated rings. The number of rotatable bonds is 10. The molecule has 31 heavy (non-hydrogen) atoms. The fraction of sp³-hybridized carbons (Fsp3) is 0.263. The molecule has 0 aliphatic rings. The molecule has 7 nitrogen and oxygen atoms in total. The number of esters is 1. The van der Waals surface area contributed by atoms with Crippen LogP contribution >= 0.6 is 23.2 Å². The quantitative estimate of drug-likeness (QED) is 0.389. The maximum atomic E-state index is 12.5. The number of ether oxygens (including phenoxy) is 2. The van der Waals surface area contributed by atoms with E-state index in [1.54, 1.807) is 12.1 Å². The summed E-state index contributed by atoms with van der Waals surface area (Å²) in [6.45, 7) is -0.379. The molecule has 0 aromatic heterocycles. The molecule has 0 aliphatic heterocycles. The van der Waals surface area contributed by atoms with Crippen LogP contribution < -0.4 is 10.1 Å². The Hall–Kier alpha value is -2.43. The predicted octanol–water partition coefficient (Wildman–Crippen LogP) is 4.33. The highest BCUT2D eigenvalue weighted by atomic mass is 35.5. The molecule has 0 saturated carbocycles. The largest absolute Gasteiger partial charge is 0.492 e. The Bertz CT molecular complexity index is 1030. The third-order valence-electron chi connectivity index (χ3n) is 3.74. The van der Waals surface area contributed by atoms with Crippen molar-refractivity contribution in [2.45, 2.75) is 23.5 Å². The maximum absolute atomic E-state index is 12.5. The van der Waals surface area contributed by atoms with Crippen LogP contribution in [0.25, 0.3) is 0 Å². The first-order valence-corrected chi connectivity index (χ1v) is 11.1. The molecule has 0 radical (unpaired) electrons. The van der Waals surface area contributed by atoms with Crippen LogP contribution in [0.15, 0.2) is 47.4 Å². The number of alkyl halides is 2. The standard InChI is InChI=1S/C19H17Cl2F2NO6S/c20-12-3-8-16(15(21)10-12)29-9-1-2-18(26)30-11-17(25)24-13-4-6-14(7-5-13)31(27,28)19(22)23/h3-8,10,19H,1-2,9,11H2,(H,24,25). The van der Waals surface area contributed by atoms with Gasteiger partial charge in [-0.2, -0.15) is 8.78 Å². The average Bonchev–Trinajstić information content (AvgIpc) is 2.71. The number of sulfone groups is 1. The molecule has 0 heterocycles. The third-order valence-corrected chi connectivity index (χ3v) is 5.67. The second-order valence-corrected chi connectivity index (χ2v) is 8.83. The monoisotopic (exact) mass is 495 g/mol. The number of halogens is 4. The first-order chi connectivity index (χ1) is 14.6. The fourth-order valence-electron chi connectivity index (χ4n) is 2.24. The minimum absolute atomic E-state index is 0.00132. The van der Waals surface area contributed by atoms with E-state index in [1.165, 1.54) is 6.07 Å². The molecular weight excluding hydrogens is 479 g/mol. The first kappa shape index (κ1) is 24.8. The summed E-state index contributed by atoms with van der Waals surface area (Å²) < 4.78 is 57.9. The Morgan fingerprint density at radius 3 is 2.35 bits per heavy atom. The highest BCUT2D eigenvalue weighted by Gasteiger charge is 2.26. The van der Waals surface area contributed by atoms with E-state index < -0.39 is 39.0 Å². The van der Waals surface area contributed by atoms with Crippen LogP contribution in [0, 0.1) is 0 Å². The molecule has 2 aromatic rings. The van der Waals surface area contributed by atoms with Crippen LogP contribution in [0.2, 0.25) is 10.0 Å². The van der Waals surface area contributed by atoms with Crippen molar-refractivity contribution in [1.29, 1.82) is 0 Å². The van der Waals surface area contributed by atoms with E-state index in [0.717, 1.165) is 24.3 Å². The van der Waals surface area contributed by atoms with Crippen LogP contribution in [0.3, 0.4) is 0 Å². The number of hydrogen-bond acceptors (Lipinski definition) is 6. The molecule has 0 unspecified atom stereocenters. The predicted molar refractivity (Wildman–Crippen MR) is 110 cm³/mol. The third kappa shape index (κ3) is 7.64. The van der Waals surface area contributed by atoms with Gasteiger partial charge in [-0.3, -0.25) is 9.59 Å². The molecule has 0 saturated heterocycles. The van der Waals surface area contributed by atoms with Crippen molar-refractivity contribution >= 4 is 50.6 Å². The van der Waals surface area contributed by atoms with E-state index >= 15 is 0 Å². The van der Waals surface area contributed by atoms with E-state index in [-0.39, 0.29) is 18.7 Å². The molecule has 0 bridgehead atoms. The molecule has 2 aromatic carbocycles. The van der Waals surface area contributed by atoms with Gasteiger partial charge >= 0.3 is 11.7 Å².